The third kappa shape index (κ3) is 2.35. The summed E-state index contributed by atoms with van der Waals surface area (Å²) in [5.41, 5.74) is 4.04. The molecule has 1 fully saturated rings. The van der Waals surface area contributed by atoms with Crippen molar-refractivity contribution in [2.24, 2.45) is 5.92 Å². The van der Waals surface area contributed by atoms with Crippen molar-refractivity contribution < 1.29 is 4.84 Å². The van der Waals surface area contributed by atoms with Crippen molar-refractivity contribution >= 4 is 23.2 Å². The highest BCUT2D eigenvalue weighted by Gasteiger charge is 2.44. The van der Waals surface area contributed by atoms with E-state index in [0.717, 1.165) is 22.0 Å². The van der Waals surface area contributed by atoms with Crippen molar-refractivity contribution in [2.45, 2.75) is 25.3 Å². The Morgan fingerprint density at radius 2 is 2.00 bits per heavy atom. The van der Waals surface area contributed by atoms with Crippen molar-refractivity contribution in [1.29, 1.82) is 0 Å². The minimum Gasteiger partial charge on any atom is -0.305 e. The van der Waals surface area contributed by atoms with Crippen molar-refractivity contribution in [2.75, 3.05) is 7.11 Å². The maximum absolute atomic E-state index is 6.18. The third-order valence-electron chi connectivity index (χ3n) is 3.16. The first-order valence-corrected chi connectivity index (χ1v) is 6.13. The Hall–Kier alpha value is -0.280. The average Bonchev–Trinajstić information content (AvgIpc) is 2.98. The second-order valence-electron chi connectivity index (χ2n) is 4.25. The van der Waals surface area contributed by atoms with Crippen molar-refractivity contribution in [3.63, 3.8) is 0 Å². The number of hydroxylamine groups is 1. The molecule has 0 radical (unpaired) electrons. The monoisotopic (exact) mass is 259 g/mol. The van der Waals surface area contributed by atoms with E-state index in [-0.39, 0.29) is 0 Å². The zero-order valence-electron chi connectivity index (χ0n) is 9.34. The van der Waals surface area contributed by atoms with Gasteiger partial charge in [-0.3, -0.25) is 0 Å². The molecule has 0 heterocycles. The zero-order valence-corrected chi connectivity index (χ0v) is 10.8. The second-order valence-corrected chi connectivity index (χ2v) is 5.07. The smallest absolute Gasteiger partial charge is 0.0572 e. The average molecular weight is 260 g/mol. The van der Waals surface area contributed by atoms with Crippen LogP contribution in [0.2, 0.25) is 10.0 Å². The van der Waals surface area contributed by atoms with Gasteiger partial charge in [0.15, 0.2) is 0 Å². The molecular formula is C12H15Cl2NO. The minimum atomic E-state index is 0.322. The summed E-state index contributed by atoms with van der Waals surface area (Å²) in [6, 6.07) is 5.99. The van der Waals surface area contributed by atoms with Gasteiger partial charge in [0.1, 0.15) is 0 Å². The van der Waals surface area contributed by atoms with Gasteiger partial charge in [-0.1, -0.05) is 29.3 Å². The molecule has 2 nitrogen and oxygen atoms in total. The van der Waals surface area contributed by atoms with Crippen LogP contribution in [-0.2, 0) is 4.84 Å². The maximum Gasteiger partial charge on any atom is 0.0572 e. The third-order valence-corrected chi connectivity index (χ3v) is 3.82. The Morgan fingerprint density at radius 3 is 2.56 bits per heavy atom. The molecule has 3 unspecified atom stereocenters. The van der Waals surface area contributed by atoms with Crippen LogP contribution in [-0.4, -0.2) is 13.2 Å². The van der Waals surface area contributed by atoms with Gasteiger partial charge < -0.3 is 4.84 Å². The standard InChI is InChI=1S/C12H15Cl2NO/c1-7(15-16-2)8-6-9(8)12-10(13)4-3-5-11(12)14/h3-5,7-9,15H,6H2,1-2H3. The molecule has 88 valence electrons. The van der Waals surface area contributed by atoms with Gasteiger partial charge in [0.2, 0.25) is 0 Å². The van der Waals surface area contributed by atoms with Gasteiger partial charge in [0, 0.05) is 16.1 Å². The Bertz CT molecular complexity index is 363. The molecule has 2 rings (SSSR count). The molecule has 0 aliphatic heterocycles. The number of halogens is 2. The van der Waals surface area contributed by atoms with E-state index < -0.39 is 0 Å². The quantitative estimate of drug-likeness (QED) is 0.834. The van der Waals surface area contributed by atoms with Gasteiger partial charge in [-0.2, -0.15) is 5.48 Å². The molecule has 0 amide bonds. The largest absolute Gasteiger partial charge is 0.305 e. The van der Waals surface area contributed by atoms with Crippen LogP contribution in [0.5, 0.6) is 0 Å². The molecule has 4 heteroatoms. The van der Waals surface area contributed by atoms with E-state index in [2.05, 4.69) is 12.4 Å². The molecule has 1 saturated carbocycles. The van der Waals surface area contributed by atoms with E-state index in [0.29, 0.717) is 17.9 Å². The first-order chi connectivity index (χ1) is 7.65. The summed E-state index contributed by atoms with van der Waals surface area (Å²) in [4.78, 5) is 4.93. The number of nitrogens with one attached hydrogen (secondary N) is 1. The van der Waals surface area contributed by atoms with Crippen LogP contribution in [0.3, 0.4) is 0 Å². The van der Waals surface area contributed by atoms with E-state index in [4.69, 9.17) is 28.0 Å². The lowest BCUT2D eigenvalue weighted by Crippen LogP contribution is -2.27. The topological polar surface area (TPSA) is 21.3 Å². The van der Waals surface area contributed by atoms with Crippen LogP contribution in [0.15, 0.2) is 18.2 Å². The Morgan fingerprint density at radius 1 is 1.38 bits per heavy atom. The predicted octanol–water partition coefficient (Wildman–Crippen LogP) is 3.64. The van der Waals surface area contributed by atoms with Crippen LogP contribution >= 0.6 is 23.2 Å². The molecule has 1 aliphatic carbocycles. The van der Waals surface area contributed by atoms with Crippen LogP contribution in [0.25, 0.3) is 0 Å². The summed E-state index contributed by atoms with van der Waals surface area (Å²) in [5, 5.41) is 1.54. The first kappa shape index (κ1) is 12.2. The summed E-state index contributed by atoms with van der Waals surface area (Å²) < 4.78 is 0. The van der Waals surface area contributed by atoms with E-state index in [1.54, 1.807) is 7.11 Å². The first-order valence-electron chi connectivity index (χ1n) is 5.37. The summed E-state index contributed by atoms with van der Waals surface area (Å²) in [6.45, 7) is 2.11. The number of hydrogen-bond acceptors (Lipinski definition) is 2. The van der Waals surface area contributed by atoms with Crippen LogP contribution in [0.4, 0.5) is 0 Å². The SMILES string of the molecule is CONC(C)C1CC1c1c(Cl)cccc1Cl. The van der Waals surface area contributed by atoms with E-state index in [9.17, 15) is 0 Å². The molecular weight excluding hydrogens is 245 g/mol. The van der Waals surface area contributed by atoms with Gasteiger partial charge in [-0.05, 0) is 42.9 Å². The summed E-state index contributed by atoms with van der Waals surface area (Å²) >= 11 is 12.4. The second kappa shape index (κ2) is 4.92. The molecule has 16 heavy (non-hydrogen) atoms. The molecule has 0 aromatic heterocycles. The van der Waals surface area contributed by atoms with E-state index in [1.165, 1.54) is 0 Å². The van der Waals surface area contributed by atoms with E-state index in [1.807, 2.05) is 18.2 Å². The number of hydrogen-bond donors (Lipinski definition) is 1. The fourth-order valence-corrected chi connectivity index (χ4v) is 2.92. The normalized spacial score (nSPS) is 25.5. The Kier molecular flexibility index (Phi) is 3.75. The lowest BCUT2D eigenvalue weighted by molar-refractivity contribution is 0.0591. The van der Waals surface area contributed by atoms with Gasteiger partial charge in [0.25, 0.3) is 0 Å². The van der Waals surface area contributed by atoms with Crippen molar-refractivity contribution in [3.05, 3.63) is 33.8 Å². The highest BCUT2D eigenvalue weighted by atomic mass is 35.5. The van der Waals surface area contributed by atoms with Gasteiger partial charge in [0.05, 0.1) is 7.11 Å². The molecule has 1 aromatic carbocycles. The highest BCUT2D eigenvalue weighted by Crippen LogP contribution is 2.53. The van der Waals surface area contributed by atoms with Crippen molar-refractivity contribution in [1.82, 2.24) is 5.48 Å². The molecule has 0 bridgehead atoms. The molecule has 0 spiro atoms. The predicted molar refractivity (Wildman–Crippen MR) is 66.9 cm³/mol. The fourth-order valence-electron chi connectivity index (χ4n) is 2.24. The van der Waals surface area contributed by atoms with Gasteiger partial charge >= 0.3 is 0 Å². The molecule has 3 atom stereocenters. The van der Waals surface area contributed by atoms with E-state index >= 15 is 0 Å². The van der Waals surface area contributed by atoms with Crippen LogP contribution < -0.4 is 5.48 Å². The van der Waals surface area contributed by atoms with Crippen molar-refractivity contribution in [3.8, 4) is 0 Å². The van der Waals surface area contributed by atoms with Crippen LogP contribution in [0.1, 0.15) is 24.8 Å². The Balaban J connectivity index is 2.11. The summed E-state index contributed by atoms with van der Waals surface area (Å²) in [7, 11) is 1.64. The maximum atomic E-state index is 6.18. The Labute approximate surface area is 106 Å². The molecule has 1 aliphatic rings. The lowest BCUT2D eigenvalue weighted by atomic mass is 10.1. The zero-order chi connectivity index (χ0) is 11.7. The minimum absolute atomic E-state index is 0.322. The summed E-state index contributed by atoms with van der Waals surface area (Å²) in [5.74, 6) is 1.01. The summed E-state index contributed by atoms with van der Waals surface area (Å²) in [6.07, 6.45) is 1.11. The lowest BCUT2D eigenvalue weighted by Gasteiger charge is -2.12. The molecule has 0 saturated heterocycles. The van der Waals surface area contributed by atoms with Gasteiger partial charge in [-0.15, -0.1) is 0 Å². The highest BCUT2D eigenvalue weighted by molar-refractivity contribution is 6.36. The number of rotatable bonds is 4. The molecule has 1 aromatic rings. The fraction of sp³-hybridized carbons (Fsp3) is 0.500. The number of benzene rings is 1. The van der Waals surface area contributed by atoms with Crippen LogP contribution in [0, 0.1) is 5.92 Å². The molecule has 1 N–H and O–H groups in total. The van der Waals surface area contributed by atoms with Gasteiger partial charge in [-0.25, -0.2) is 0 Å².